The summed E-state index contributed by atoms with van der Waals surface area (Å²) in [7, 11) is 3.34. The molecule has 1 fully saturated rings. The van der Waals surface area contributed by atoms with Crippen molar-refractivity contribution in [3.8, 4) is 0 Å². The van der Waals surface area contributed by atoms with E-state index in [1.165, 1.54) is 4.90 Å². The molecule has 1 aliphatic rings. The first-order chi connectivity index (χ1) is 5.09. The summed E-state index contributed by atoms with van der Waals surface area (Å²) < 4.78 is 5.03. The van der Waals surface area contributed by atoms with Crippen LogP contribution in [0.3, 0.4) is 0 Å². The number of carbonyl (C=O) groups is 1. The van der Waals surface area contributed by atoms with E-state index in [9.17, 15) is 4.79 Å². The molecule has 0 atom stereocenters. The first-order valence-corrected chi connectivity index (χ1v) is 3.73. The van der Waals surface area contributed by atoms with Crippen molar-refractivity contribution in [3.05, 3.63) is 0 Å². The molecule has 0 aromatic carbocycles. The summed E-state index contributed by atoms with van der Waals surface area (Å²) in [5.41, 5.74) is 5.52. The molecule has 80 valence electrons. The van der Waals surface area contributed by atoms with Crippen LogP contribution in [0, 0.1) is 0 Å². The lowest BCUT2D eigenvalue weighted by Crippen LogP contribution is -2.44. The van der Waals surface area contributed by atoms with Crippen LogP contribution >= 0.6 is 24.8 Å². The van der Waals surface area contributed by atoms with Gasteiger partial charge in [0.05, 0.1) is 0 Å². The molecule has 0 aromatic rings. The van der Waals surface area contributed by atoms with Gasteiger partial charge in [-0.2, -0.15) is 0 Å². The monoisotopic (exact) mass is 230 g/mol. The lowest BCUT2D eigenvalue weighted by molar-refractivity contribution is 0.0257. The van der Waals surface area contributed by atoms with Gasteiger partial charge in [-0.05, 0) is 12.8 Å². The fourth-order valence-electron chi connectivity index (χ4n) is 0.951. The van der Waals surface area contributed by atoms with Gasteiger partial charge in [-0.3, -0.25) is 0 Å². The number of rotatable bonds is 1. The molecule has 0 saturated heterocycles. The lowest BCUT2D eigenvalue weighted by atomic mass is 9.90. The van der Waals surface area contributed by atoms with Gasteiger partial charge in [-0.1, -0.05) is 0 Å². The number of carbonyl (C=O) groups excluding carboxylic acids is 1. The highest BCUT2D eigenvalue weighted by molar-refractivity contribution is 5.85. The minimum Gasteiger partial charge on any atom is -0.446 e. The van der Waals surface area contributed by atoms with Gasteiger partial charge < -0.3 is 15.4 Å². The summed E-state index contributed by atoms with van der Waals surface area (Å²) in [5.74, 6) is 0. The third-order valence-electron chi connectivity index (χ3n) is 1.76. The van der Waals surface area contributed by atoms with Crippen LogP contribution < -0.4 is 5.73 Å². The molecule has 0 radical (unpaired) electrons. The van der Waals surface area contributed by atoms with Crippen LogP contribution in [-0.4, -0.2) is 37.2 Å². The molecule has 0 aromatic heterocycles. The van der Waals surface area contributed by atoms with E-state index < -0.39 is 0 Å². The Bertz CT molecular complexity index is 161. The summed E-state index contributed by atoms with van der Waals surface area (Å²) in [6.45, 7) is 0. The summed E-state index contributed by atoms with van der Waals surface area (Å²) in [5, 5.41) is 0. The average Bonchev–Trinajstić information content (AvgIpc) is 1.84. The predicted octanol–water partition coefficient (Wildman–Crippen LogP) is 1.02. The van der Waals surface area contributed by atoms with Crippen molar-refractivity contribution in [2.45, 2.75) is 25.0 Å². The Labute approximate surface area is 90.6 Å². The van der Waals surface area contributed by atoms with E-state index in [4.69, 9.17) is 10.5 Å². The van der Waals surface area contributed by atoms with Crippen LogP contribution in [0.1, 0.15) is 12.8 Å². The van der Waals surface area contributed by atoms with E-state index >= 15 is 0 Å². The number of nitrogens with two attached hydrogens (primary N) is 1. The largest absolute Gasteiger partial charge is 0.446 e. The second-order valence-electron chi connectivity index (χ2n) is 3.13. The Morgan fingerprint density at radius 3 is 2.15 bits per heavy atom. The molecule has 0 aliphatic heterocycles. The molecule has 0 spiro atoms. The van der Waals surface area contributed by atoms with Crippen molar-refractivity contribution in [1.82, 2.24) is 4.90 Å². The standard InChI is InChI=1S/C7H14N2O2.2ClH/c1-9(2)7(10)11-6-3-5(8)4-6;;/h5-6H,3-4,8H2,1-2H3;2*1H. The van der Waals surface area contributed by atoms with Crippen molar-refractivity contribution < 1.29 is 9.53 Å². The van der Waals surface area contributed by atoms with Crippen LogP contribution in [-0.2, 0) is 4.74 Å². The SMILES string of the molecule is CN(C)C(=O)OC1CC(N)C1.Cl.Cl. The quantitative estimate of drug-likeness (QED) is 0.732. The molecule has 4 nitrogen and oxygen atoms in total. The van der Waals surface area contributed by atoms with E-state index in [1.807, 2.05) is 0 Å². The summed E-state index contributed by atoms with van der Waals surface area (Å²) in [6, 6.07) is 0.231. The number of ether oxygens (including phenoxy) is 1. The highest BCUT2D eigenvalue weighted by atomic mass is 35.5. The first-order valence-electron chi connectivity index (χ1n) is 3.73. The second-order valence-corrected chi connectivity index (χ2v) is 3.13. The normalized spacial score (nSPS) is 24.5. The third kappa shape index (κ3) is 4.55. The molecule has 6 heteroatoms. The smallest absolute Gasteiger partial charge is 0.409 e. The van der Waals surface area contributed by atoms with Crippen molar-refractivity contribution in [3.63, 3.8) is 0 Å². The van der Waals surface area contributed by atoms with Crippen LogP contribution in [0.5, 0.6) is 0 Å². The molecule has 2 N–H and O–H groups in total. The molecule has 0 heterocycles. The van der Waals surface area contributed by atoms with Gasteiger partial charge in [0.2, 0.25) is 0 Å². The van der Waals surface area contributed by atoms with Crippen molar-refractivity contribution in [2.75, 3.05) is 14.1 Å². The Balaban J connectivity index is 0. The van der Waals surface area contributed by atoms with Crippen molar-refractivity contribution in [1.29, 1.82) is 0 Å². The predicted molar refractivity (Wildman–Crippen MR) is 55.7 cm³/mol. The van der Waals surface area contributed by atoms with Gasteiger partial charge >= 0.3 is 6.09 Å². The third-order valence-corrected chi connectivity index (χ3v) is 1.76. The Morgan fingerprint density at radius 2 is 1.85 bits per heavy atom. The molecule has 1 saturated carbocycles. The minimum atomic E-state index is -0.276. The lowest BCUT2D eigenvalue weighted by Gasteiger charge is -2.32. The van der Waals surface area contributed by atoms with Crippen LogP contribution in [0.25, 0.3) is 0 Å². The highest BCUT2D eigenvalue weighted by Gasteiger charge is 2.29. The Morgan fingerprint density at radius 1 is 1.38 bits per heavy atom. The number of nitrogens with zero attached hydrogens (tertiary/aromatic N) is 1. The second kappa shape index (κ2) is 6.29. The van der Waals surface area contributed by atoms with Gasteiger partial charge in [-0.15, -0.1) is 24.8 Å². The molecular weight excluding hydrogens is 215 g/mol. The molecule has 0 unspecified atom stereocenters. The zero-order valence-electron chi connectivity index (χ0n) is 7.73. The fourth-order valence-corrected chi connectivity index (χ4v) is 0.951. The highest BCUT2D eigenvalue weighted by Crippen LogP contribution is 2.21. The summed E-state index contributed by atoms with van der Waals surface area (Å²) in [6.07, 6.45) is 1.39. The van der Waals surface area contributed by atoms with Gasteiger partial charge in [-0.25, -0.2) is 4.79 Å². The van der Waals surface area contributed by atoms with E-state index in [0.717, 1.165) is 12.8 Å². The maximum Gasteiger partial charge on any atom is 0.409 e. The molecule has 13 heavy (non-hydrogen) atoms. The zero-order valence-corrected chi connectivity index (χ0v) is 9.36. The molecule has 1 amide bonds. The van der Waals surface area contributed by atoms with E-state index in [-0.39, 0.29) is 43.1 Å². The maximum absolute atomic E-state index is 10.9. The van der Waals surface area contributed by atoms with Crippen LogP contribution in [0.2, 0.25) is 0 Å². The van der Waals surface area contributed by atoms with Crippen molar-refractivity contribution >= 4 is 30.9 Å². The van der Waals surface area contributed by atoms with Gasteiger partial charge in [0.1, 0.15) is 6.10 Å². The summed E-state index contributed by atoms with van der Waals surface area (Å²) >= 11 is 0. The number of halogens is 2. The molecular formula is C7H16Cl2N2O2. The molecule has 1 rings (SSSR count). The Hall–Kier alpha value is -0.190. The van der Waals surface area contributed by atoms with Gasteiger partial charge in [0.15, 0.2) is 0 Å². The first kappa shape index (κ1) is 15.3. The molecule has 1 aliphatic carbocycles. The van der Waals surface area contributed by atoms with Gasteiger partial charge in [0.25, 0.3) is 0 Å². The van der Waals surface area contributed by atoms with E-state index in [2.05, 4.69) is 0 Å². The number of hydrogen-bond acceptors (Lipinski definition) is 3. The zero-order chi connectivity index (χ0) is 8.43. The molecule has 0 bridgehead atoms. The minimum absolute atomic E-state index is 0. The number of hydrogen-bond donors (Lipinski definition) is 1. The van der Waals surface area contributed by atoms with Crippen molar-refractivity contribution in [2.24, 2.45) is 5.73 Å². The maximum atomic E-state index is 10.9. The van der Waals surface area contributed by atoms with Crippen LogP contribution in [0.4, 0.5) is 4.79 Å². The van der Waals surface area contributed by atoms with Crippen LogP contribution in [0.15, 0.2) is 0 Å². The average molecular weight is 231 g/mol. The number of amides is 1. The van der Waals surface area contributed by atoms with E-state index in [1.54, 1.807) is 14.1 Å². The fraction of sp³-hybridized carbons (Fsp3) is 0.857. The Kier molecular flexibility index (Phi) is 7.40. The van der Waals surface area contributed by atoms with E-state index in [0.29, 0.717) is 0 Å². The van der Waals surface area contributed by atoms with Gasteiger partial charge in [0, 0.05) is 20.1 Å². The topological polar surface area (TPSA) is 55.6 Å². The summed E-state index contributed by atoms with van der Waals surface area (Å²) in [4.78, 5) is 12.3.